The third-order valence-electron chi connectivity index (χ3n) is 14.4. The van der Waals surface area contributed by atoms with Crippen molar-refractivity contribution in [1.82, 2.24) is 52.8 Å². The molecule has 1 aromatic heterocycles. The van der Waals surface area contributed by atoms with E-state index in [2.05, 4.69) is 62.8 Å². The van der Waals surface area contributed by atoms with Crippen molar-refractivity contribution >= 4 is 87.9 Å². The molecule has 23 N–H and O–H groups in total. The van der Waals surface area contributed by atoms with E-state index in [4.69, 9.17) is 34.4 Å². The average molecular weight is 1250 g/mol. The Balaban J connectivity index is 2.33. The first-order valence-electron chi connectivity index (χ1n) is 30.4. The molecule has 1 aromatic carbocycles. The van der Waals surface area contributed by atoms with E-state index >= 15 is 0 Å². The van der Waals surface area contributed by atoms with Crippen molar-refractivity contribution in [2.24, 2.45) is 74.0 Å². The highest BCUT2D eigenvalue weighted by molar-refractivity contribution is 5.99. The van der Waals surface area contributed by atoms with E-state index in [9.17, 15) is 57.8 Å². The van der Waals surface area contributed by atoms with Crippen LogP contribution in [0.25, 0.3) is 10.9 Å². The number of guanidine groups is 2. The zero-order valence-electron chi connectivity index (χ0n) is 53.2. The summed E-state index contributed by atoms with van der Waals surface area (Å²) in [6.45, 7) is 17.2. The molecule has 30 heteroatoms. The van der Waals surface area contributed by atoms with Gasteiger partial charge in [-0.25, -0.2) is 4.79 Å². The van der Waals surface area contributed by atoms with Crippen LogP contribution in [0.4, 0.5) is 0 Å². The molecule has 0 saturated heterocycles. The van der Waals surface area contributed by atoms with Gasteiger partial charge in [0.15, 0.2) is 11.9 Å². The second-order valence-corrected chi connectivity index (χ2v) is 24.1. The highest BCUT2D eigenvalue weighted by Crippen LogP contribution is 2.20. The van der Waals surface area contributed by atoms with Crippen LogP contribution in [-0.2, 0) is 59.2 Å². The van der Waals surface area contributed by atoms with Gasteiger partial charge < -0.3 is 92.3 Å². The Morgan fingerprint density at radius 3 is 1.51 bits per heavy atom. The number of H-pyrrole nitrogens is 1. The molecule has 0 radical (unpaired) electrons. The molecule has 0 spiro atoms. The molecule has 498 valence electrons. The molecule has 0 unspecified atom stereocenters. The lowest BCUT2D eigenvalue weighted by molar-refractivity contribution is -0.142. The molecule has 0 fully saturated rings. The number of amides is 10. The molecule has 89 heavy (non-hydrogen) atoms. The standard InChI is InChI=1S/C59H100N18O12/c1-11-34(10)48(55(86)69-29-46(79)70-41(23-30(2)3)51(82)74-42(24-31(4)5)52(83)72-40(57(88)89)20-16-22-67-59(64)65)77-50(81)39(19-14-15-21-66-58(62)63)71-56(87)47(33(8)9)76-54(85)43(25-32(6)7)75-53(84)44(27-45(61)78)73-49(80)37(60)26-35-28-68-38-18-13-12-17-36(35)38/h12-13,17-18,28,30-34,37,39-44,47-48,68H,11,14-16,19-27,29,60H2,1-10H3,(H2,61,78)(H,69,86)(H,70,79)(H,71,87)(H,72,83)(H,73,80)(H,74,82)(H,75,84)(H,76,85)(H,77,81)(H,88,89)(H4,62,63,66)(H4,64,65,67)/t34-,37-,39-,40-,41-,42-,43-,44-,47-,48-/m0/s1. The van der Waals surface area contributed by atoms with Crippen LogP contribution in [0.1, 0.15) is 139 Å². The second kappa shape index (κ2) is 38.7. The van der Waals surface area contributed by atoms with Crippen molar-refractivity contribution < 1.29 is 57.8 Å². The van der Waals surface area contributed by atoms with Crippen molar-refractivity contribution in [3.05, 3.63) is 36.0 Å². The van der Waals surface area contributed by atoms with Gasteiger partial charge in [0.05, 0.1) is 19.0 Å². The number of unbranched alkanes of at least 4 members (excludes halogenated alkanes) is 1. The van der Waals surface area contributed by atoms with E-state index < -0.39 is 144 Å². The fraction of sp³-hybridized carbons (Fsp3) is 0.644. The molecule has 30 nitrogen and oxygen atoms in total. The molecule has 10 amide bonds. The monoisotopic (exact) mass is 1250 g/mol. The van der Waals surface area contributed by atoms with Gasteiger partial charge in [-0.2, -0.15) is 0 Å². The number of aromatic amines is 1. The Hall–Kier alpha value is -8.57. The Labute approximate surface area is 520 Å². The first-order chi connectivity index (χ1) is 41.7. The molecule has 2 rings (SSSR count). The van der Waals surface area contributed by atoms with Gasteiger partial charge >= 0.3 is 5.97 Å². The summed E-state index contributed by atoms with van der Waals surface area (Å²) in [4.78, 5) is 161. The highest BCUT2D eigenvalue weighted by atomic mass is 16.4. The predicted molar refractivity (Wildman–Crippen MR) is 337 cm³/mol. The number of carbonyl (C=O) groups is 11. The molecule has 0 saturated carbocycles. The summed E-state index contributed by atoms with van der Waals surface area (Å²) in [5, 5.41) is 34.3. The lowest BCUT2D eigenvalue weighted by Crippen LogP contribution is -2.61. The van der Waals surface area contributed by atoms with Crippen molar-refractivity contribution in [3.8, 4) is 0 Å². The maximum absolute atomic E-state index is 14.4. The van der Waals surface area contributed by atoms with Gasteiger partial charge in [-0.05, 0) is 99.0 Å². The number of nitrogens with zero attached hydrogens (tertiary/aromatic N) is 2. The first-order valence-corrected chi connectivity index (χ1v) is 30.4. The van der Waals surface area contributed by atoms with Gasteiger partial charge in [0.1, 0.15) is 48.3 Å². The van der Waals surface area contributed by atoms with Gasteiger partial charge in [-0.3, -0.25) is 57.9 Å². The molecular formula is C59H100N18O12. The highest BCUT2D eigenvalue weighted by Gasteiger charge is 2.37. The van der Waals surface area contributed by atoms with E-state index in [-0.39, 0.29) is 94.1 Å². The number of nitrogens with two attached hydrogens (primary N) is 6. The number of hydrogen-bond donors (Lipinski definition) is 17. The first kappa shape index (κ1) is 76.5. The number of carboxylic acids is 1. The maximum atomic E-state index is 14.4. The minimum Gasteiger partial charge on any atom is -0.480 e. The van der Waals surface area contributed by atoms with Crippen LogP contribution in [0.15, 0.2) is 40.4 Å². The van der Waals surface area contributed by atoms with E-state index in [0.29, 0.717) is 12.8 Å². The van der Waals surface area contributed by atoms with Crippen LogP contribution in [0.5, 0.6) is 0 Å². The summed E-state index contributed by atoms with van der Waals surface area (Å²) in [6.07, 6.45) is 2.66. The van der Waals surface area contributed by atoms with Crippen LogP contribution >= 0.6 is 0 Å². The number of carbonyl (C=O) groups excluding carboxylic acids is 10. The number of aliphatic carboxylic acids is 1. The number of para-hydroxylation sites is 1. The Bertz CT molecular complexity index is 2760. The molecule has 0 aliphatic carbocycles. The number of benzene rings is 1. The van der Waals surface area contributed by atoms with Crippen LogP contribution < -0.4 is 82.3 Å². The molecule has 1 heterocycles. The lowest BCUT2D eigenvalue weighted by Gasteiger charge is -2.30. The summed E-state index contributed by atoms with van der Waals surface area (Å²) in [6, 6.07) is -4.22. The summed E-state index contributed by atoms with van der Waals surface area (Å²) in [5.41, 5.74) is 35.1. The summed E-state index contributed by atoms with van der Waals surface area (Å²) in [7, 11) is 0. The molecule has 0 aliphatic rings. The topological polar surface area (TPSA) is 513 Å². The zero-order valence-corrected chi connectivity index (χ0v) is 53.2. The van der Waals surface area contributed by atoms with Gasteiger partial charge in [-0.1, -0.05) is 93.9 Å². The van der Waals surface area contributed by atoms with Gasteiger partial charge in [0.2, 0.25) is 59.1 Å². The summed E-state index contributed by atoms with van der Waals surface area (Å²) >= 11 is 0. The minimum atomic E-state index is -1.54. The van der Waals surface area contributed by atoms with E-state index in [1.165, 1.54) is 0 Å². The number of hydrogen-bond acceptors (Lipinski definition) is 14. The summed E-state index contributed by atoms with van der Waals surface area (Å²) in [5.74, 6) is -11.3. The van der Waals surface area contributed by atoms with Gasteiger partial charge in [0.25, 0.3) is 0 Å². The van der Waals surface area contributed by atoms with E-state index in [0.717, 1.165) is 16.5 Å². The van der Waals surface area contributed by atoms with Crippen molar-refractivity contribution in [3.63, 3.8) is 0 Å². The zero-order chi connectivity index (χ0) is 67.2. The SMILES string of the molecule is CC[C@H](C)[C@H](NC(=O)[C@H](CCCCN=C(N)N)NC(=O)[C@@H](NC(=O)[C@H](CC(C)C)NC(=O)[C@H](CC(N)=O)NC(=O)[C@@H](N)Cc1c[nH]c2ccccc12)C(C)C)C(=O)NCC(=O)N[C@@H](CC(C)C)C(=O)N[C@@H](CC(C)C)C(=O)N[C@@H](CCCN=C(N)N)C(=O)O. The largest absolute Gasteiger partial charge is 0.480 e. The molecule has 10 atom stereocenters. The van der Waals surface area contributed by atoms with Crippen LogP contribution in [-0.4, -0.2) is 161 Å². The van der Waals surface area contributed by atoms with Crippen LogP contribution in [0.3, 0.4) is 0 Å². The van der Waals surface area contributed by atoms with Crippen LogP contribution in [0.2, 0.25) is 0 Å². The van der Waals surface area contributed by atoms with E-state index in [1.54, 1.807) is 75.4 Å². The molecule has 0 bridgehead atoms. The number of carboxylic acid groups (broad SMARTS) is 1. The maximum Gasteiger partial charge on any atom is 0.326 e. The fourth-order valence-corrected chi connectivity index (χ4v) is 9.47. The van der Waals surface area contributed by atoms with E-state index in [1.807, 2.05) is 24.3 Å². The van der Waals surface area contributed by atoms with Gasteiger partial charge in [0, 0.05) is 30.2 Å². The number of rotatable bonds is 41. The second-order valence-electron chi connectivity index (χ2n) is 24.1. The van der Waals surface area contributed by atoms with Gasteiger partial charge in [-0.15, -0.1) is 0 Å². The Kier molecular flexibility index (Phi) is 33.2. The quantitative estimate of drug-likeness (QED) is 0.0201. The smallest absolute Gasteiger partial charge is 0.326 e. The number of fused-ring (bicyclic) bond motifs is 1. The molecule has 2 aromatic rings. The molecule has 0 aliphatic heterocycles. The third-order valence-corrected chi connectivity index (χ3v) is 14.4. The van der Waals surface area contributed by atoms with Crippen molar-refractivity contribution in [2.45, 2.75) is 194 Å². The lowest BCUT2D eigenvalue weighted by atomic mass is 9.97. The van der Waals surface area contributed by atoms with Crippen molar-refractivity contribution in [1.29, 1.82) is 0 Å². The fourth-order valence-electron chi connectivity index (χ4n) is 9.47. The average Bonchev–Trinajstić information content (AvgIpc) is 3.44. The normalized spacial score (nSPS) is 14.7. The number of aromatic nitrogens is 1. The number of nitrogens with one attached hydrogen (secondary N) is 10. The Morgan fingerprint density at radius 2 is 0.989 bits per heavy atom. The van der Waals surface area contributed by atoms with Crippen LogP contribution in [0, 0.1) is 29.6 Å². The molecular weight excluding hydrogens is 1150 g/mol. The summed E-state index contributed by atoms with van der Waals surface area (Å²) < 4.78 is 0. The minimum absolute atomic E-state index is 0.00213. The number of aliphatic imine (C=N–C) groups is 2. The third kappa shape index (κ3) is 28.4. The van der Waals surface area contributed by atoms with Crippen molar-refractivity contribution in [2.75, 3.05) is 19.6 Å². The number of primary amides is 1. The Morgan fingerprint density at radius 1 is 0.528 bits per heavy atom. The predicted octanol–water partition coefficient (Wildman–Crippen LogP) is -1.67.